The molecule has 4 aliphatic rings. The smallest absolute Gasteiger partial charge is 0.231 e. The van der Waals surface area contributed by atoms with Gasteiger partial charge in [0.25, 0.3) is 0 Å². The first-order valence-corrected chi connectivity index (χ1v) is 11.7. The second-order valence-corrected chi connectivity index (χ2v) is 9.50. The topological polar surface area (TPSA) is 108 Å². The van der Waals surface area contributed by atoms with Gasteiger partial charge in [0.05, 0.1) is 6.33 Å². The molecule has 162 valence electrons. The van der Waals surface area contributed by atoms with Crippen LogP contribution >= 0.6 is 27.7 Å². The van der Waals surface area contributed by atoms with E-state index < -0.39 is 0 Å². The molecule has 0 spiro atoms. The van der Waals surface area contributed by atoms with Gasteiger partial charge in [-0.2, -0.15) is 0 Å². The summed E-state index contributed by atoms with van der Waals surface area (Å²) in [4.78, 5) is 27.5. The number of halogens is 1. The molecule has 1 amide bonds. The molecule has 0 radical (unpaired) electrons. The van der Waals surface area contributed by atoms with Gasteiger partial charge in [-0.3, -0.25) is 4.79 Å². The van der Waals surface area contributed by atoms with Gasteiger partial charge in [-0.05, 0) is 65.0 Å². The fourth-order valence-electron chi connectivity index (χ4n) is 3.97. The van der Waals surface area contributed by atoms with Crippen LogP contribution < -0.4 is 15.2 Å². The van der Waals surface area contributed by atoms with E-state index in [9.17, 15) is 4.79 Å². The minimum Gasteiger partial charge on any atom is -0.454 e. The number of amides is 1. The fourth-order valence-corrected chi connectivity index (χ4v) is 5.32. The maximum Gasteiger partial charge on any atom is 0.231 e. The Kier molecular flexibility index (Phi) is 5.61. The number of aromatic nitrogens is 4. The Morgan fingerprint density at radius 1 is 1.29 bits per heavy atom. The number of nitrogen functional groups attached to an aromatic ring is 1. The molecule has 1 fully saturated rings. The van der Waals surface area contributed by atoms with Crippen LogP contribution in [0, 0.1) is 5.92 Å². The summed E-state index contributed by atoms with van der Waals surface area (Å²) in [6.45, 7) is 2.63. The van der Waals surface area contributed by atoms with E-state index in [0.717, 1.165) is 60.5 Å². The van der Waals surface area contributed by atoms with Crippen molar-refractivity contribution in [3.8, 4) is 23.0 Å². The molecule has 0 aliphatic carbocycles. The molecule has 11 heteroatoms. The average molecular weight is 505 g/mol. The first-order valence-electron chi connectivity index (χ1n) is 10.1. The molecule has 0 saturated carbocycles. The summed E-state index contributed by atoms with van der Waals surface area (Å²) in [6.07, 6.45) is 5.78. The Morgan fingerprint density at radius 3 is 2.97 bits per heavy atom. The third-order valence-electron chi connectivity index (χ3n) is 5.58. The molecule has 4 aliphatic heterocycles. The molecule has 1 unspecified atom stereocenters. The molecular formula is C20H21BrN6O3S. The monoisotopic (exact) mass is 504 g/mol. The molecule has 0 aromatic heterocycles. The zero-order valence-corrected chi connectivity index (χ0v) is 19.1. The van der Waals surface area contributed by atoms with Crippen LogP contribution in [0.2, 0.25) is 0 Å². The van der Waals surface area contributed by atoms with E-state index in [2.05, 4.69) is 25.9 Å². The predicted octanol–water partition coefficient (Wildman–Crippen LogP) is 3.26. The summed E-state index contributed by atoms with van der Waals surface area (Å²) in [6, 6.07) is 3.80. The van der Waals surface area contributed by atoms with Crippen LogP contribution in [-0.2, 0) is 11.3 Å². The minimum absolute atomic E-state index is 0.223. The number of benzene rings is 1. The third-order valence-corrected chi connectivity index (χ3v) is 7.42. The first kappa shape index (κ1) is 20.4. The van der Waals surface area contributed by atoms with Gasteiger partial charge in [-0.15, -0.1) is 0 Å². The number of hydrogen-bond acceptors (Lipinski definition) is 8. The minimum atomic E-state index is 0.223. The lowest BCUT2D eigenvalue weighted by molar-refractivity contribution is -0.119. The molecule has 5 rings (SSSR count). The number of carbonyl (C=O) groups is 1. The van der Waals surface area contributed by atoms with E-state index in [-0.39, 0.29) is 6.79 Å². The van der Waals surface area contributed by atoms with E-state index >= 15 is 0 Å². The lowest BCUT2D eigenvalue weighted by atomic mass is 9.95. The van der Waals surface area contributed by atoms with E-state index in [4.69, 9.17) is 20.2 Å². The van der Waals surface area contributed by atoms with Crippen LogP contribution in [0.3, 0.4) is 0 Å². The average Bonchev–Trinajstić information content (AvgIpc) is 3.41. The number of likely N-dealkylation sites (tertiary alicyclic amines) is 1. The van der Waals surface area contributed by atoms with Crippen molar-refractivity contribution in [2.24, 2.45) is 5.92 Å². The lowest BCUT2D eigenvalue weighted by Gasteiger charge is -2.30. The Bertz CT molecular complexity index is 1090. The Balaban J connectivity index is 1.36. The number of aryl methyl sites for hydroxylation is 1. The zero-order valence-electron chi connectivity index (χ0n) is 16.7. The SMILES string of the molecule is Nc1ncn(CCC2CCCN(C=O)C2)c2nc(Sc3cc4c(cc3Br)OCO4)nc1-2. The summed E-state index contributed by atoms with van der Waals surface area (Å²) in [5, 5.41) is 0.591. The number of piperidine rings is 1. The molecule has 1 saturated heterocycles. The number of fused-ring (bicyclic) bond motifs is 2. The summed E-state index contributed by atoms with van der Waals surface area (Å²) >= 11 is 5.00. The van der Waals surface area contributed by atoms with Crippen molar-refractivity contribution < 1.29 is 14.3 Å². The van der Waals surface area contributed by atoms with Crippen LogP contribution in [-0.4, -0.2) is 50.7 Å². The molecule has 4 heterocycles. The maximum atomic E-state index is 11.1. The third kappa shape index (κ3) is 4.16. The van der Waals surface area contributed by atoms with E-state index in [0.29, 0.717) is 34.1 Å². The summed E-state index contributed by atoms with van der Waals surface area (Å²) in [5.41, 5.74) is 6.68. The number of ether oxygens (including phenoxy) is 2. The van der Waals surface area contributed by atoms with Crippen LogP contribution in [0.1, 0.15) is 19.3 Å². The highest BCUT2D eigenvalue weighted by atomic mass is 79.9. The lowest BCUT2D eigenvalue weighted by Crippen LogP contribution is -2.34. The van der Waals surface area contributed by atoms with E-state index in [1.54, 1.807) is 6.33 Å². The molecule has 31 heavy (non-hydrogen) atoms. The summed E-state index contributed by atoms with van der Waals surface area (Å²) < 4.78 is 13.8. The fraction of sp³-hybridized carbons (Fsp3) is 0.400. The van der Waals surface area contributed by atoms with Crippen molar-refractivity contribution in [3.05, 3.63) is 22.9 Å². The van der Waals surface area contributed by atoms with Gasteiger partial charge < -0.3 is 24.7 Å². The second-order valence-electron chi connectivity index (χ2n) is 7.64. The van der Waals surface area contributed by atoms with Crippen LogP contribution in [0.25, 0.3) is 11.5 Å². The maximum absolute atomic E-state index is 11.1. The first-order chi connectivity index (χ1) is 15.1. The molecular weight excluding hydrogens is 484 g/mol. The largest absolute Gasteiger partial charge is 0.454 e. The molecule has 0 bridgehead atoms. The Hall–Kier alpha value is -2.53. The van der Waals surface area contributed by atoms with Crippen molar-refractivity contribution in [1.82, 2.24) is 24.4 Å². The van der Waals surface area contributed by atoms with Crippen LogP contribution in [0.5, 0.6) is 11.5 Å². The molecule has 1 atom stereocenters. The number of imidazole rings is 1. The van der Waals surface area contributed by atoms with Crippen LogP contribution in [0.4, 0.5) is 5.82 Å². The van der Waals surface area contributed by atoms with Crippen molar-refractivity contribution in [2.45, 2.75) is 35.9 Å². The van der Waals surface area contributed by atoms with Crippen molar-refractivity contribution in [3.63, 3.8) is 0 Å². The van der Waals surface area contributed by atoms with Crippen molar-refractivity contribution >= 4 is 39.9 Å². The number of carbonyl (C=O) groups excluding carboxylic acids is 1. The number of rotatable bonds is 6. The van der Waals surface area contributed by atoms with E-state index in [1.807, 2.05) is 21.6 Å². The summed E-state index contributed by atoms with van der Waals surface area (Å²) in [7, 11) is 0. The number of nitrogens with two attached hydrogens (primary N) is 1. The zero-order chi connectivity index (χ0) is 21.4. The number of anilines is 1. The van der Waals surface area contributed by atoms with Gasteiger partial charge in [-0.1, -0.05) is 0 Å². The summed E-state index contributed by atoms with van der Waals surface area (Å²) in [5.74, 6) is 2.97. The van der Waals surface area contributed by atoms with Gasteiger partial charge in [0, 0.05) is 29.0 Å². The number of nitrogens with zero attached hydrogens (tertiary/aromatic N) is 5. The highest BCUT2D eigenvalue weighted by Gasteiger charge is 2.23. The molecule has 2 N–H and O–H groups in total. The quantitative estimate of drug-likeness (QED) is 0.509. The second kappa shape index (κ2) is 8.54. The highest BCUT2D eigenvalue weighted by molar-refractivity contribution is 9.10. The van der Waals surface area contributed by atoms with Crippen molar-refractivity contribution in [2.75, 3.05) is 25.6 Å². The Morgan fingerprint density at radius 2 is 2.13 bits per heavy atom. The Labute approximate surface area is 191 Å². The van der Waals surface area contributed by atoms with Crippen molar-refractivity contribution in [1.29, 1.82) is 0 Å². The predicted molar refractivity (Wildman–Crippen MR) is 118 cm³/mol. The van der Waals surface area contributed by atoms with Gasteiger partial charge in [0.1, 0.15) is 0 Å². The van der Waals surface area contributed by atoms with E-state index in [1.165, 1.54) is 11.8 Å². The standard InChI is InChI=1S/C20H21BrN6O3S/c21-13-6-14-15(30-11-29-14)7-16(13)31-20-24-17-18(22)23-9-27(19(17)25-20)5-3-12-2-1-4-26(8-12)10-28/h6-7,9-10,12H,1-5,8,11,22H2. The highest BCUT2D eigenvalue weighted by Crippen LogP contribution is 2.43. The van der Waals surface area contributed by atoms with Gasteiger partial charge >= 0.3 is 0 Å². The number of hydrogen-bond donors (Lipinski definition) is 1. The van der Waals surface area contributed by atoms with Gasteiger partial charge in [0.2, 0.25) is 13.2 Å². The molecule has 1 aromatic rings. The van der Waals surface area contributed by atoms with Gasteiger partial charge in [0.15, 0.2) is 34.0 Å². The normalized spacial score (nSPS) is 18.0. The molecule has 9 nitrogen and oxygen atoms in total. The molecule has 1 aromatic carbocycles. The van der Waals surface area contributed by atoms with Gasteiger partial charge in [-0.25, -0.2) is 15.0 Å². The van der Waals surface area contributed by atoms with Crippen LogP contribution in [0.15, 0.2) is 33.0 Å².